The largest absolute Gasteiger partial charge is 0.382 e. The molecule has 2 fully saturated rings. The van der Waals surface area contributed by atoms with E-state index in [2.05, 4.69) is 30.8 Å². The molecule has 0 spiro atoms. The predicted molar refractivity (Wildman–Crippen MR) is 135 cm³/mol. The van der Waals surface area contributed by atoms with Gasteiger partial charge in [-0.15, -0.1) is 0 Å². The fraction of sp³-hybridized carbons (Fsp3) is 0.417. The summed E-state index contributed by atoms with van der Waals surface area (Å²) >= 11 is 0. The maximum atomic E-state index is 13.9. The molecule has 0 aromatic carbocycles. The van der Waals surface area contributed by atoms with Gasteiger partial charge < -0.3 is 16.4 Å². The van der Waals surface area contributed by atoms with E-state index in [1.165, 1.54) is 36.9 Å². The molecule has 2 atom stereocenters. The lowest BCUT2D eigenvalue weighted by atomic mass is 9.96. The minimum absolute atomic E-state index is 0.171. The van der Waals surface area contributed by atoms with Crippen molar-refractivity contribution in [1.29, 1.82) is 0 Å². The number of allylic oxidation sites excluding steroid dienone is 1. The van der Waals surface area contributed by atoms with Crippen LogP contribution in [-0.2, 0) is 15.7 Å². The molecule has 3 aliphatic rings. The third-order valence-corrected chi connectivity index (χ3v) is 9.10. The van der Waals surface area contributed by atoms with Gasteiger partial charge in [0.15, 0.2) is 11.5 Å². The molecular formula is C24H25F4N9O2S. The van der Waals surface area contributed by atoms with Gasteiger partial charge in [-0.3, -0.25) is 0 Å². The van der Waals surface area contributed by atoms with Gasteiger partial charge in [-0.05, 0) is 37.5 Å². The first-order chi connectivity index (χ1) is 18.9. The zero-order chi connectivity index (χ0) is 28.3. The van der Waals surface area contributed by atoms with Crippen LogP contribution in [0.2, 0.25) is 0 Å². The van der Waals surface area contributed by atoms with Crippen molar-refractivity contribution in [2.45, 2.75) is 61.5 Å². The molecule has 3 aromatic heterocycles. The normalized spacial score (nSPS) is 24.5. The number of alkyl halides is 4. The minimum Gasteiger partial charge on any atom is -0.382 e. The summed E-state index contributed by atoms with van der Waals surface area (Å²) in [5.74, 6) is -2.64. The Balaban J connectivity index is 1.33. The van der Waals surface area contributed by atoms with E-state index in [0.29, 0.717) is 34.4 Å². The maximum Gasteiger partial charge on any atom is 0.333 e. The van der Waals surface area contributed by atoms with Crippen molar-refractivity contribution < 1.29 is 26.0 Å². The van der Waals surface area contributed by atoms with Crippen LogP contribution in [0.25, 0.3) is 17.0 Å². The van der Waals surface area contributed by atoms with Crippen LogP contribution in [0.1, 0.15) is 50.0 Å². The maximum absolute atomic E-state index is 13.9. The standard InChI is InChI=1S/C24H25F4N9O2S/c25-22(26)36-8-5-18(35-36)17-12-31-24(29,10-19(17)33-15-3-6-23(27,28)9-15)20-4-7-30-21(34-20)14-11-32-37(13-14)40(38,39)16-1-2-16/h4-5,7-8,10-13,15-16,22,31,33H,1-3,6,9,29H2. The Morgan fingerprint density at radius 3 is 2.67 bits per heavy atom. The van der Waals surface area contributed by atoms with E-state index in [4.69, 9.17) is 5.73 Å². The molecule has 0 amide bonds. The van der Waals surface area contributed by atoms with Gasteiger partial charge in [-0.25, -0.2) is 31.8 Å². The van der Waals surface area contributed by atoms with E-state index in [0.717, 1.165) is 10.3 Å². The van der Waals surface area contributed by atoms with Crippen molar-refractivity contribution >= 4 is 15.6 Å². The van der Waals surface area contributed by atoms with Crippen molar-refractivity contribution in [2.24, 2.45) is 5.73 Å². The topological polar surface area (TPSA) is 146 Å². The number of dihydropyridines is 1. The highest BCUT2D eigenvalue weighted by Crippen LogP contribution is 2.37. The SMILES string of the molecule is NC1(c2ccnc(-c3cnn(S(=O)(=O)C4CC4)c3)n2)C=C(NC2CCC(F)(F)C2)C(c2ccn(C(F)F)n2)=CN1. The zero-order valence-corrected chi connectivity index (χ0v) is 21.7. The average molecular weight is 580 g/mol. The molecule has 6 rings (SSSR count). The summed E-state index contributed by atoms with van der Waals surface area (Å²) in [5, 5.41) is 13.5. The van der Waals surface area contributed by atoms with Gasteiger partial charge >= 0.3 is 6.55 Å². The lowest BCUT2D eigenvalue weighted by Gasteiger charge is -2.33. The summed E-state index contributed by atoms with van der Waals surface area (Å²) < 4.78 is 80.7. The summed E-state index contributed by atoms with van der Waals surface area (Å²) in [6, 6.07) is 2.35. The van der Waals surface area contributed by atoms with Crippen LogP contribution >= 0.6 is 0 Å². The van der Waals surface area contributed by atoms with Crippen LogP contribution < -0.4 is 16.4 Å². The van der Waals surface area contributed by atoms with Crippen molar-refractivity contribution in [2.75, 3.05) is 0 Å². The van der Waals surface area contributed by atoms with Crippen LogP contribution in [0.5, 0.6) is 0 Å². The number of aromatic nitrogens is 6. The Hall–Kier alpha value is -3.79. The summed E-state index contributed by atoms with van der Waals surface area (Å²) in [4.78, 5) is 8.75. The van der Waals surface area contributed by atoms with Gasteiger partial charge in [-0.1, -0.05) is 0 Å². The Morgan fingerprint density at radius 1 is 1.20 bits per heavy atom. The summed E-state index contributed by atoms with van der Waals surface area (Å²) in [7, 11) is -3.58. The van der Waals surface area contributed by atoms with Crippen LogP contribution in [0, 0.1) is 0 Å². The van der Waals surface area contributed by atoms with Crippen LogP contribution in [0.15, 0.2) is 54.9 Å². The first-order valence-electron chi connectivity index (χ1n) is 12.5. The second-order valence-electron chi connectivity index (χ2n) is 10.1. The van der Waals surface area contributed by atoms with Gasteiger partial charge in [0.1, 0.15) is 0 Å². The Bertz CT molecular complexity index is 1610. The molecule has 0 saturated heterocycles. The number of nitrogens with one attached hydrogen (secondary N) is 2. The molecule has 2 aliphatic carbocycles. The number of nitrogens with two attached hydrogens (primary N) is 1. The number of hydrogen-bond donors (Lipinski definition) is 3. The second kappa shape index (κ2) is 9.40. The van der Waals surface area contributed by atoms with Gasteiger partial charge in [0.2, 0.25) is 5.92 Å². The molecule has 0 bridgehead atoms. The van der Waals surface area contributed by atoms with Crippen molar-refractivity contribution in [3.05, 3.63) is 66.3 Å². The summed E-state index contributed by atoms with van der Waals surface area (Å²) in [6.45, 7) is -2.85. The molecule has 40 heavy (non-hydrogen) atoms. The lowest BCUT2D eigenvalue weighted by Crippen LogP contribution is -2.50. The predicted octanol–water partition coefficient (Wildman–Crippen LogP) is 2.69. The molecule has 1 aliphatic heterocycles. The third-order valence-electron chi connectivity index (χ3n) is 7.07. The van der Waals surface area contributed by atoms with E-state index in [1.54, 1.807) is 6.07 Å². The van der Waals surface area contributed by atoms with E-state index >= 15 is 0 Å². The number of hydrogen-bond acceptors (Lipinski definition) is 9. The molecular weight excluding hydrogens is 554 g/mol. The zero-order valence-electron chi connectivity index (χ0n) is 20.9. The number of rotatable bonds is 8. The van der Waals surface area contributed by atoms with Crippen molar-refractivity contribution in [1.82, 2.24) is 39.6 Å². The Morgan fingerprint density at radius 2 is 2.00 bits per heavy atom. The molecule has 11 nitrogen and oxygen atoms in total. The lowest BCUT2D eigenvalue weighted by molar-refractivity contribution is 0.00724. The van der Waals surface area contributed by atoms with E-state index < -0.39 is 39.4 Å². The molecule has 4 N–H and O–H groups in total. The molecule has 16 heteroatoms. The molecule has 212 valence electrons. The first-order valence-corrected chi connectivity index (χ1v) is 14.0. The van der Waals surface area contributed by atoms with Crippen molar-refractivity contribution in [3.63, 3.8) is 0 Å². The highest BCUT2D eigenvalue weighted by Gasteiger charge is 2.41. The van der Waals surface area contributed by atoms with Crippen LogP contribution in [0.4, 0.5) is 17.6 Å². The second-order valence-corrected chi connectivity index (χ2v) is 12.2. The smallest absolute Gasteiger partial charge is 0.333 e. The van der Waals surface area contributed by atoms with Gasteiger partial charge in [0, 0.05) is 48.7 Å². The summed E-state index contributed by atoms with van der Waals surface area (Å²) in [6.07, 6.45) is 8.97. The number of halogens is 4. The number of nitrogens with zero attached hydrogens (tertiary/aromatic N) is 6. The fourth-order valence-corrected chi connectivity index (χ4v) is 6.26. The fourth-order valence-electron chi connectivity index (χ4n) is 4.79. The Kier molecular flexibility index (Phi) is 6.21. The van der Waals surface area contributed by atoms with E-state index in [-0.39, 0.29) is 36.5 Å². The minimum atomic E-state index is -3.58. The quantitative estimate of drug-likeness (QED) is 0.343. The van der Waals surface area contributed by atoms with E-state index in [1.807, 2.05) is 0 Å². The van der Waals surface area contributed by atoms with Gasteiger partial charge in [0.05, 0.1) is 34.6 Å². The summed E-state index contributed by atoms with van der Waals surface area (Å²) in [5.41, 5.74) is 6.73. The molecule has 2 saturated carbocycles. The van der Waals surface area contributed by atoms with Crippen molar-refractivity contribution in [3.8, 4) is 11.4 Å². The Labute approximate surface area is 226 Å². The molecule has 0 radical (unpaired) electrons. The monoisotopic (exact) mass is 579 g/mol. The average Bonchev–Trinajstić information content (AvgIpc) is 3.30. The third kappa shape index (κ3) is 4.96. The highest BCUT2D eigenvalue weighted by molar-refractivity contribution is 7.90. The van der Waals surface area contributed by atoms with Crippen LogP contribution in [0.3, 0.4) is 0 Å². The van der Waals surface area contributed by atoms with Gasteiger partial charge in [-0.2, -0.15) is 23.1 Å². The van der Waals surface area contributed by atoms with E-state index in [9.17, 15) is 26.0 Å². The van der Waals surface area contributed by atoms with Gasteiger partial charge in [0.25, 0.3) is 10.0 Å². The molecule has 4 heterocycles. The highest BCUT2D eigenvalue weighted by atomic mass is 32.2. The molecule has 2 unspecified atom stereocenters. The first kappa shape index (κ1) is 26.4. The van der Waals surface area contributed by atoms with Crippen LogP contribution in [-0.4, -0.2) is 54.6 Å². The molecule has 3 aromatic rings.